The molecule has 0 N–H and O–H groups in total. The van der Waals surface area contributed by atoms with Crippen molar-refractivity contribution in [1.29, 1.82) is 0 Å². The molecule has 1 spiro atoms. The first-order valence-corrected chi connectivity index (χ1v) is 13.7. The van der Waals surface area contributed by atoms with Gasteiger partial charge in [-0.3, -0.25) is 0 Å². The quantitative estimate of drug-likeness (QED) is 0.663. The molecule has 1 aromatic heterocycles. The van der Waals surface area contributed by atoms with Gasteiger partial charge in [-0.1, -0.05) is 12.8 Å². The summed E-state index contributed by atoms with van der Waals surface area (Å²) in [6, 6.07) is 7.94. The van der Waals surface area contributed by atoms with Gasteiger partial charge in [0.1, 0.15) is 23.9 Å². The third-order valence-electron chi connectivity index (χ3n) is 7.90. The van der Waals surface area contributed by atoms with Gasteiger partial charge >= 0.3 is 0 Å². The van der Waals surface area contributed by atoms with Crippen LogP contribution in [0.15, 0.2) is 35.4 Å². The molecule has 4 aliphatic rings. The standard InChI is InChI=1S/C25H32N4O4S/c1-27-8-10-29(11-9-27)34(30,31)20-4-5-24(26-16-20)28-17-19-14-22-23(33-13-12-32-22)15-21(19)25(18-28)6-2-3-7-25/h4-5,14-16H,2-3,6-13,17-18H2,1H3. The van der Waals surface area contributed by atoms with E-state index in [0.717, 1.165) is 56.3 Å². The zero-order chi connectivity index (χ0) is 23.3. The summed E-state index contributed by atoms with van der Waals surface area (Å²) in [7, 11) is -1.50. The summed E-state index contributed by atoms with van der Waals surface area (Å²) < 4.78 is 39.6. The summed E-state index contributed by atoms with van der Waals surface area (Å²) >= 11 is 0. The molecule has 8 nitrogen and oxygen atoms in total. The monoisotopic (exact) mass is 484 g/mol. The van der Waals surface area contributed by atoms with Gasteiger partial charge in [-0.2, -0.15) is 4.31 Å². The van der Waals surface area contributed by atoms with Crippen LogP contribution < -0.4 is 14.4 Å². The Balaban J connectivity index is 1.29. The zero-order valence-corrected chi connectivity index (χ0v) is 20.5. The average molecular weight is 485 g/mol. The van der Waals surface area contributed by atoms with Crippen molar-refractivity contribution >= 4 is 15.8 Å². The van der Waals surface area contributed by atoms with Crippen molar-refractivity contribution in [3.63, 3.8) is 0 Å². The maximum atomic E-state index is 13.1. The van der Waals surface area contributed by atoms with Gasteiger partial charge < -0.3 is 19.3 Å². The molecule has 0 bridgehead atoms. The summed E-state index contributed by atoms with van der Waals surface area (Å²) in [6.45, 7) is 5.31. The number of rotatable bonds is 3. The number of ether oxygens (including phenoxy) is 2. The third kappa shape index (κ3) is 3.74. The van der Waals surface area contributed by atoms with Crippen LogP contribution in [0.3, 0.4) is 0 Å². The lowest BCUT2D eigenvalue weighted by atomic mass is 9.73. The summed E-state index contributed by atoms with van der Waals surface area (Å²) in [5, 5.41) is 0. The Labute approximate surface area is 201 Å². The molecular formula is C25H32N4O4S. The van der Waals surface area contributed by atoms with Crippen molar-refractivity contribution < 1.29 is 17.9 Å². The summed E-state index contributed by atoms with van der Waals surface area (Å²) in [5.41, 5.74) is 2.73. The van der Waals surface area contributed by atoms with E-state index in [-0.39, 0.29) is 10.3 Å². The highest BCUT2D eigenvalue weighted by Crippen LogP contribution is 2.49. The van der Waals surface area contributed by atoms with E-state index < -0.39 is 10.0 Å². The van der Waals surface area contributed by atoms with Gasteiger partial charge in [0.05, 0.1) is 0 Å². The molecule has 1 aliphatic carbocycles. The molecule has 0 unspecified atom stereocenters. The number of sulfonamides is 1. The topological polar surface area (TPSA) is 75.2 Å². The van der Waals surface area contributed by atoms with Crippen LogP contribution in [0.2, 0.25) is 0 Å². The van der Waals surface area contributed by atoms with E-state index in [2.05, 4.69) is 26.9 Å². The van der Waals surface area contributed by atoms with E-state index in [0.29, 0.717) is 26.3 Å². The van der Waals surface area contributed by atoms with E-state index in [1.54, 1.807) is 10.4 Å². The number of fused-ring (bicyclic) bond motifs is 3. The molecule has 6 rings (SSSR count). The minimum atomic E-state index is -3.52. The summed E-state index contributed by atoms with van der Waals surface area (Å²) in [5.74, 6) is 2.51. The van der Waals surface area contributed by atoms with Crippen molar-refractivity contribution in [3.8, 4) is 11.5 Å². The van der Waals surface area contributed by atoms with Gasteiger partial charge in [0.15, 0.2) is 11.5 Å². The second-order valence-corrected chi connectivity index (χ2v) is 12.0. The Kier molecular flexibility index (Phi) is 5.46. The van der Waals surface area contributed by atoms with Crippen molar-refractivity contribution in [2.24, 2.45) is 0 Å². The second kappa shape index (κ2) is 8.39. The lowest BCUT2D eigenvalue weighted by Gasteiger charge is -2.43. The first-order valence-electron chi connectivity index (χ1n) is 12.3. The van der Waals surface area contributed by atoms with Crippen molar-refractivity contribution in [2.75, 3.05) is 57.9 Å². The minimum absolute atomic E-state index is 0.0790. The molecular weight excluding hydrogens is 452 g/mol. The lowest BCUT2D eigenvalue weighted by Crippen LogP contribution is -2.47. The van der Waals surface area contributed by atoms with Crippen LogP contribution in [-0.4, -0.2) is 75.6 Å². The SMILES string of the molecule is CN1CCN(S(=O)(=O)c2ccc(N3Cc4cc5c(cc4C4(CCCC4)C3)OCCO5)nc2)CC1. The molecule has 2 fully saturated rings. The van der Waals surface area contributed by atoms with E-state index in [4.69, 9.17) is 9.47 Å². The van der Waals surface area contributed by atoms with E-state index in [1.807, 2.05) is 13.1 Å². The maximum Gasteiger partial charge on any atom is 0.244 e. The van der Waals surface area contributed by atoms with Crippen LogP contribution in [0.1, 0.15) is 36.8 Å². The lowest BCUT2D eigenvalue weighted by molar-refractivity contribution is 0.170. The molecule has 34 heavy (non-hydrogen) atoms. The Morgan fingerprint density at radius 2 is 1.68 bits per heavy atom. The zero-order valence-electron chi connectivity index (χ0n) is 19.7. The highest BCUT2D eigenvalue weighted by atomic mass is 32.2. The minimum Gasteiger partial charge on any atom is -0.486 e. The molecule has 9 heteroatoms. The number of piperazine rings is 1. The fourth-order valence-corrected chi connectivity index (χ4v) is 7.37. The van der Waals surface area contributed by atoms with E-state index in [9.17, 15) is 8.42 Å². The fourth-order valence-electron chi connectivity index (χ4n) is 6.00. The Morgan fingerprint density at radius 3 is 2.35 bits per heavy atom. The molecule has 3 aliphatic heterocycles. The number of pyridine rings is 1. The Hall–Kier alpha value is -2.36. The molecule has 1 saturated carbocycles. The van der Waals surface area contributed by atoms with Gasteiger partial charge in [-0.25, -0.2) is 13.4 Å². The van der Waals surface area contributed by atoms with Gasteiger partial charge in [0.25, 0.3) is 0 Å². The third-order valence-corrected chi connectivity index (χ3v) is 9.78. The van der Waals surface area contributed by atoms with Crippen LogP contribution in [0, 0.1) is 0 Å². The number of likely N-dealkylation sites (N-methyl/N-ethyl adjacent to an activating group) is 1. The fraction of sp³-hybridized carbons (Fsp3) is 0.560. The summed E-state index contributed by atoms with van der Waals surface area (Å²) in [6.07, 6.45) is 6.26. The van der Waals surface area contributed by atoms with Crippen molar-refractivity contribution in [3.05, 3.63) is 41.6 Å². The van der Waals surface area contributed by atoms with Gasteiger partial charge in [-0.15, -0.1) is 0 Å². The smallest absolute Gasteiger partial charge is 0.244 e. The largest absolute Gasteiger partial charge is 0.486 e. The number of anilines is 1. The number of aromatic nitrogens is 1. The average Bonchev–Trinajstić information content (AvgIpc) is 3.32. The molecule has 0 atom stereocenters. The molecule has 182 valence electrons. The highest BCUT2D eigenvalue weighted by molar-refractivity contribution is 7.89. The predicted octanol–water partition coefficient (Wildman–Crippen LogP) is 2.62. The van der Waals surface area contributed by atoms with Gasteiger partial charge in [0.2, 0.25) is 10.0 Å². The molecule has 0 amide bonds. The number of nitrogens with zero attached hydrogens (tertiary/aromatic N) is 4. The number of benzene rings is 1. The second-order valence-electron chi connectivity index (χ2n) is 10.1. The molecule has 1 saturated heterocycles. The van der Waals surface area contributed by atoms with Crippen molar-refractivity contribution in [2.45, 2.75) is 42.5 Å². The Bertz CT molecular complexity index is 1170. The van der Waals surface area contributed by atoms with E-state index in [1.165, 1.54) is 30.2 Å². The normalized spacial score (nSPS) is 22.7. The first-order chi connectivity index (χ1) is 16.4. The molecule has 4 heterocycles. The highest BCUT2D eigenvalue weighted by Gasteiger charge is 2.43. The van der Waals surface area contributed by atoms with Crippen LogP contribution in [0.25, 0.3) is 0 Å². The van der Waals surface area contributed by atoms with Crippen LogP contribution in [0.5, 0.6) is 11.5 Å². The molecule has 1 aromatic carbocycles. The predicted molar refractivity (Wildman–Crippen MR) is 129 cm³/mol. The van der Waals surface area contributed by atoms with Crippen molar-refractivity contribution in [1.82, 2.24) is 14.2 Å². The number of hydrogen-bond donors (Lipinski definition) is 0. The number of hydrogen-bond acceptors (Lipinski definition) is 7. The first kappa shape index (κ1) is 22.1. The maximum absolute atomic E-state index is 13.1. The van der Waals surface area contributed by atoms with E-state index >= 15 is 0 Å². The van der Waals surface area contributed by atoms with Crippen LogP contribution in [-0.2, 0) is 22.0 Å². The van der Waals surface area contributed by atoms with Gasteiger partial charge in [0, 0.05) is 50.9 Å². The molecule has 2 aromatic rings. The summed E-state index contributed by atoms with van der Waals surface area (Å²) in [4.78, 5) is 9.37. The Morgan fingerprint density at radius 1 is 0.971 bits per heavy atom. The van der Waals surface area contributed by atoms with Crippen LogP contribution >= 0.6 is 0 Å². The van der Waals surface area contributed by atoms with Gasteiger partial charge in [-0.05, 0) is 55.3 Å². The van der Waals surface area contributed by atoms with Crippen LogP contribution in [0.4, 0.5) is 5.82 Å². The molecule has 0 radical (unpaired) electrons.